The number of hydrogen-bond acceptors (Lipinski definition) is 21. The first-order valence-electron chi connectivity index (χ1n) is 31.6. The van der Waals surface area contributed by atoms with Crippen molar-refractivity contribution >= 4 is 5.97 Å². The van der Waals surface area contributed by atoms with Gasteiger partial charge in [-0.15, -0.1) is 0 Å². The van der Waals surface area contributed by atoms with Gasteiger partial charge in [0.05, 0.1) is 130 Å². The van der Waals surface area contributed by atoms with Crippen LogP contribution in [0.4, 0.5) is 0 Å². The van der Waals surface area contributed by atoms with Crippen LogP contribution in [0.15, 0.2) is 24.3 Å². The molecular weight excluding hydrogens is 1070 g/mol. The van der Waals surface area contributed by atoms with Crippen LogP contribution in [0.1, 0.15) is 130 Å². The molecule has 17 fully saturated rings. The molecule has 0 radical (unpaired) electrons. The molecule has 0 aliphatic carbocycles. The molecular formula is C61H86O21. The summed E-state index contributed by atoms with van der Waals surface area (Å²) in [6.45, 7) is 17.7. The van der Waals surface area contributed by atoms with E-state index in [-0.39, 0.29) is 128 Å². The van der Waals surface area contributed by atoms with Crippen molar-refractivity contribution in [3.05, 3.63) is 24.3 Å². The average molecular weight is 1160 g/mol. The van der Waals surface area contributed by atoms with E-state index in [1.165, 1.54) is 0 Å². The predicted molar refractivity (Wildman–Crippen MR) is 279 cm³/mol. The Kier molecular flexibility index (Phi) is 13.6. The van der Waals surface area contributed by atoms with E-state index < -0.39 is 102 Å². The molecule has 17 heterocycles. The van der Waals surface area contributed by atoms with E-state index in [0.29, 0.717) is 83.7 Å². The molecule has 0 aromatic heterocycles. The van der Waals surface area contributed by atoms with Crippen LogP contribution >= 0.6 is 0 Å². The number of carbonyl (C=O) groups excluding carboxylic acids is 1. The third kappa shape index (κ3) is 8.79. The number of rotatable bonds is 2. The first kappa shape index (κ1) is 55.5. The van der Waals surface area contributed by atoms with Crippen molar-refractivity contribution < 1.29 is 101 Å². The Hall–Kier alpha value is -1.81. The molecule has 17 saturated heterocycles. The molecule has 0 aromatic rings. The van der Waals surface area contributed by atoms with Crippen LogP contribution in [0.25, 0.3) is 0 Å². The number of ether oxygens (including phenoxy) is 16. The lowest BCUT2D eigenvalue weighted by atomic mass is 9.77. The monoisotopic (exact) mass is 1150 g/mol. The van der Waals surface area contributed by atoms with Gasteiger partial charge < -0.3 is 96.2 Å². The molecule has 0 aromatic carbocycles. The summed E-state index contributed by atoms with van der Waals surface area (Å²) in [6.07, 6.45) is -3.45. The van der Waals surface area contributed by atoms with E-state index in [2.05, 4.69) is 40.9 Å². The van der Waals surface area contributed by atoms with Crippen LogP contribution in [-0.4, -0.2) is 215 Å². The molecule has 17 rings (SSSR count). The summed E-state index contributed by atoms with van der Waals surface area (Å²) in [5.41, 5.74) is 2.01. The summed E-state index contributed by atoms with van der Waals surface area (Å²) in [6, 6.07) is 0. The molecule has 21 heteroatoms. The number of aliphatic hydroxyl groups excluding tert-OH is 3. The summed E-state index contributed by atoms with van der Waals surface area (Å²) in [5.74, 6) is -6.00. The molecule has 34 atom stereocenters. The fourth-order valence-electron chi connectivity index (χ4n) is 19.0. The SMILES string of the molecule is C=C1C[C@@H]2CC[C@]34OC5[C@@H]6O[C@H]7CC[C@H](CC(=O)O[C@@H]8[C@@H](C)[C@@H]9O[C@@H]%10C[C@]%11(C[C@@H]%12O[C@]%13(C[C@H](C)[C@@H]%14O[C@@H]%15[C@@H]([C@@H](O)CO)CO[C@@H]%15C[C@@H]%14O%13)C[C@H](C)[C@@H]%12O%11)O[C@@H]%10C[C@@H]9O[C@H]8C[C@H]8O[C@@H](CC[C@@H]1O2)C[C@@H](C)C8=C)O[C@@H]7[C@H](O3)[C@@H]6OC5(O)[C@H]4O. The minimum absolute atomic E-state index is 0.0316. The van der Waals surface area contributed by atoms with Crippen molar-refractivity contribution in [2.75, 3.05) is 13.2 Å². The summed E-state index contributed by atoms with van der Waals surface area (Å²) >= 11 is 0. The fourth-order valence-corrected chi connectivity index (χ4v) is 19.0. The molecule has 82 heavy (non-hydrogen) atoms. The lowest BCUT2D eigenvalue weighted by molar-refractivity contribution is -0.370. The molecule has 17 aliphatic heterocycles. The first-order chi connectivity index (χ1) is 39.4. The molecule has 21 nitrogen and oxygen atoms in total. The van der Waals surface area contributed by atoms with Gasteiger partial charge in [-0.2, -0.15) is 0 Å². The third-order valence-corrected chi connectivity index (χ3v) is 23.0. The van der Waals surface area contributed by atoms with Crippen molar-refractivity contribution in [3.8, 4) is 0 Å². The highest BCUT2D eigenvalue weighted by Gasteiger charge is 2.79. The quantitative estimate of drug-likeness (QED) is 0.228. The van der Waals surface area contributed by atoms with Crippen LogP contribution < -0.4 is 0 Å². The normalized spacial score (nSPS) is 59.6. The van der Waals surface area contributed by atoms with Gasteiger partial charge in [-0.05, 0) is 73.8 Å². The number of fused-ring (bicyclic) bond motifs is 11. The van der Waals surface area contributed by atoms with Gasteiger partial charge in [0.1, 0.15) is 36.6 Å². The van der Waals surface area contributed by atoms with Crippen LogP contribution in [0.5, 0.6) is 0 Å². The fraction of sp³-hybridized carbons (Fsp3) is 0.918. The Bertz CT molecular complexity index is 2500. The van der Waals surface area contributed by atoms with Gasteiger partial charge in [-0.1, -0.05) is 40.9 Å². The zero-order valence-corrected chi connectivity index (χ0v) is 47.7. The van der Waals surface area contributed by atoms with Crippen molar-refractivity contribution in [1.29, 1.82) is 0 Å². The molecule has 17 aliphatic rings. The van der Waals surface area contributed by atoms with Gasteiger partial charge in [0.2, 0.25) is 11.6 Å². The Morgan fingerprint density at radius 3 is 2.11 bits per heavy atom. The molecule has 3 spiro atoms. The second kappa shape index (κ2) is 20.1. The topological polar surface area (TPSA) is 246 Å². The van der Waals surface area contributed by atoms with Gasteiger partial charge >= 0.3 is 5.97 Å². The Labute approximate surface area is 478 Å². The molecule has 456 valence electrons. The maximum Gasteiger partial charge on any atom is 0.308 e. The van der Waals surface area contributed by atoms with E-state index in [1.54, 1.807) is 0 Å². The largest absolute Gasteiger partial charge is 0.459 e. The molecule has 2 unspecified atom stereocenters. The second-order valence-electron chi connectivity index (χ2n) is 28.4. The van der Waals surface area contributed by atoms with Gasteiger partial charge in [0, 0.05) is 63.2 Å². The van der Waals surface area contributed by atoms with E-state index >= 15 is 0 Å². The van der Waals surface area contributed by atoms with Gasteiger partial charge in [0.25, 0.3) is 0 Å². The van der Waals surface area contributed by atoms with Crippen LogP contribution in [-0.2, 0) is 80.6 Å². The van der Waals surface area contributed by atoms with Crippen molar-refractivity contribution in [3.63, 3.8) is 0 Å². The smallest absolute Gasteiger partial charge is 0.308 e. The number of aliphatic hydroxyl groups is 4. The Balaban J connectivity index is 0.633. The number of carbonyl (C=O) groups is 1. The maximum atomic E-state index is 14.6. The minimum Gasteiger partial charge on any atom is -0.459 e. The first-order valence-corrected chi connectivity index (χ1v) is 31.6. The molecule has 4 N–H and O–H groups in total. The van der Waals surface area contributed by atoms with Crippen LogP contribution in [0.2, 0.25) is 0 Å². The zero-order valence-electron chi connectivity index (χ0n) is 47.7. The van der Waals surface area contributed by atoms with Gasteiger partial charge in [-0.3, -0.25) is 4.79 Å². The summed E-state index contributed by atoms with van der Waals surface area (Å²) < 4.78 is 109. The second-order valence-corrected chi connectivity index (χ2v) is 28.4. The summed E-state index contributed by atoms with van der Waals surface area (Å²) in [7, 11) is 0. The highest BCUT2D eigenvalue weighted by Crippen LogP contribution is 2.60. The molecule has 0 saturated carbocycles. The lowest BCUT2D eigenvalue weighted by Crippen LogP contribution is -2.63. The summed E-state index contributed by atoms with van der Waals surface area (Å²) in [4.78, 5) is 14.6. The Morgan fingerprint density at radius 2 is 1.27 bits per heavy atom. The van der Waals surface area contributed by atoms with Gasteiger partial charge in [-0.25, -0.2) is 0 Å². The summed E-state index contributed by atoms with van der Waals surface area (Å²) in [5, 5.41) is 44.1. The highest BCUT2D eigenvalue weighted by molar-refractivity contribution is 5.70. The standard InChI is InChI=1S/C61H86O21/c1-25-13-31-7-9-36-26(2)14-33(68-36)11-12-60-57(65)61(66)56(82-60)55-54(81-61)53(80-60)52-37(72-55)10-8-32(70-52)15-46(64)74-50-30(6)49-42(71-41(50)16-38(69-31)29(25)5)17-39-44(73-49)21-59(76-39)22-45-48(79-59)28(4)20-58(78-45)19-27(3)47-43(77-58)18-40-51(75-47)34(24-67-40)35(63)23-62/h25,27-28,30-45,47-57,62-63,65-66H,2,5,7-24H2,1,3-4,6H3/t25-,27+,28+,30+,31+,32-,33+,34-,35+,36+,37+,38-,39-,40-,41+,42+,43+,44-,45+,47+,48+,49+,50-,51-,52+,53+,54+,55-,56?,57+,58-,59+,60-,61?/m1/s1. The third-order valence-electron chi connectivity index (χ3n) is 23.0. The van der Waals surface area contributed by atoms with Crippen LogP contribution in [0, 0.1) is 29.6 Å². The van der Waals surface area contributed by atoms with E-state index in [0.717, 1.165) is 24.0 Å². The zero-order chi connectivity index (χ0) is 56.1. The van der Waals surface area contributed by atoms with Crippen LogP contribution in [0.3, 0.4) is 0 Å². The van der Waals surface area contributed by atoms with E-state index in [9.17, 15) is 25.2 Å². The van der Waals surface area contributed by atoms with Crippen molar-refractivity contribution in [2.24, 2.45) is 29.6 Å². The van der Waals surface area contributed by atoms with E-state index in [1.807, 2.05) is 0 Å². The van der Waals surface area contributed by atoms with E-state index in [4.69, 9.17) is 75.8 Å². The minimum atomic E-state index is -2.03. The number of esters is 1. The van der Waals surface area contributed by atoms with Crippen molar-refractivity contribution in [1.82, 2.24) is 0 Å². The molecule has 12 bridgehead atoms. The van der Waals surface area contributed by atoms with Crippen molar-refractivity contribution in [2.45, 2.75) is 306 Å². The number of hydrogen-bond donors (Lipinski definition) is 4. The molecule has 0 amide bonds. The maximum absolute atomic E-state index is 14.6. The lowest BCUT2D eigenvalue weighted by Gasteiger charge is -2.54. The predicted octanol–water partition coefficient (Wildman–Crippen LogP) is 3.48. The average Bonchev–Trinajstić information content (AvgIpc) is 4.37. The Morgan fingerprint density at radius 1 is 0.561 bits per heavy atom. The highest BCUT2D eigenvalue weighted by atomic mass is 16.8. The van der Waals surface area contributed by atoms with Gasteiger partial charge in [0.15, 0.2) is 17.7 Å².